The van der Waals surface area contributed by atoms with Crippen LogP contribution in [0.5, 0.6) is 0 Å². The molecule has 1 heterocycles. The number of aliphatic carboxylic acids is 1. The second-order valence-corrected chi connectivity index (χ2v) is 1.99. The van der Waals surface area contributed by atoms with Gasteiger partial charge in [0.05, 0.1) is 0 Å². The zero-order valence-electron chi connectivity index (χ0n) is 5.93. The number of nitrogens with one attached hydrogen (secondary N) is 1. The van der Waals surface area contributed by atoms with E-state index in [4.69, 9.17) is 5.11 Å². The highest BCUT2D eigenvalue weighted by Crippen LogP contribution is 2.03. The third-order valence-corrected chi connectivity index (χ3v) is 1.36. The monoisotopic (exact) mass is 165 g/mol. The van der Waals surface area contributed by atoms with E-state index in [2.05, 4.69) is 16.9 Å². The number of rotatable bonds is 1. The molecule has 0 aromatic carbocycles. The van der Waals surface area contributed by atoms with Crippen LogP contribution in [0.15, 0.2) is 0 Å². The van der Waals surface area contributed by atoms with Crippen molar-refractivity contribution in [1.29, 1.82) is 0 Å². The standard InChI is InChI=1S/C5H9NO2.CH3Cl/c7-5(8)4-2-1-3-6-4;1-2/h4,6H,1-3H2,(H,7,8);1H3/t4-;/m0./s1. The summed E-state index contributed by atoms with van der Waals surface area (Å²) in [4.78, 5) is 10.1. The van der Waals surface area contributed by atoms with Crippen molar-refractivity contribution < 1.29 is 9.90 Å². The first-order valence-electron chi connectivity index (χ1n) is 3.14. The van der Waals surface area contributed by atoms with Gasteiger partial charge in [-0.15, -0.1) is 11.6 Å². The highest BCUT2D eigenvalue weighted by Gasteiger charge is 2.20. The van der Waals surface area contributed by atoms with Crippen LogP contribution in [0.3, 0.4) is 0 Å². The van der Waals surface area contributed by atoms with E-state index in [1.807, 2.05) is 0 Å². The van der Waals surface area contributed by atoms with Gasteiger partial charge in [0.15, 0.2) is 0 Å². The molecule has 1 rings (SSSR count). The molecule has 0 radical (unpaired) electrons. The fourth-order valence-corrected chi connectivity index (χ4v) is 0.895. The predicted molar refractivity (Wildman–Crippen MR) is 40.4 cm³/mol. The van der Waals surface area contributed by atoms with E-state index in [0.717, 1.165) is 19.4 Å². The number of alkyl halides is 1. The molecule has 1 saturated heterocycles. The summed E-state index contributed by atoms with van der Waals surface area (Å²) in [7, 11) is 0. The average molecular weight is 166 g/mol. The summed E-state index contributed by atoms with van der Waals surface area (Å²) in [5.41, 5.74) is 0. The number of hydrogen-bond acceptors (Lipinski definition) is 2. The number of carbonyl (C=O) groups is 1. The zero-order valence-corrected chi connectivity index (χ0v) is 6.69. The summed E-state index contributed by atoms with van der Waals surface area (Å²) in [6.45, 7) is 0.858. The Bertz CT molecular complexity index is 102. The van der Waals surface area contributed by atoms with Crippen molar-refractivity contribution in [1.82, 2.24) is 5.32 Å². The van der Waals surface area contributed by atoms with Crippen LogP contribution < -0.4 is 5.32 Å². The summed E-state index contributed by atoms with van der Waals surface area (Å²) in [6, 6.07) is -0.269. The predicted octanol–water partition coefficient (Wildman–Crippen LogP) is 0.678. The molecule has 2 N–H and O–H groups in total. The van der Waals surface area contributed by atoms with Crippen LogP contribution in [-0.2, 0) is 4.79 Å². The lowest BCUT2D eigenvalue weighted by Gasteiger charge is -1.99. The van der Waals surface area contributed by atoms with Crippen LogP contribution in [0.4, 0.5) is 0 Å². The molecule has 0 unspecified atom stereocenters. The molecule has 0 saturated carbocycles. The summed E-state index contributed by atoms with van der Waals surface area (Å²) in [5.74, 6) is -0.720. The van der Waals surface area contributed by atoms with Gasteiger partial charge in [0, 0.05) is 6.38 Å². The van der Waals surface area contributed by atoms with Crippen molar-refractivity contribution in [3.05, 3.63) is 0 Å². The maximum atomic E-state index is 10.1. The lowest BCUT2D eigenvalue weighted by Crippen LogP contribution is -2.29. The molecular formula is C6H12ClNO2. The van der Waals surface area contributed by atoms with E-state index >= 15 is 0 Å². The molecule has 10 heavy (non-hydrogen) atoms. The minimum atomic E-state index is -0.720. The summed E-state index contributed by atoms with van der Waals surface area (Å²) in [5, 5.41) is 11.2. The SMILES string of the molecule is CCl.O=C(O)[C@@H]1CCCN1. The minimum absolute atomic E-state index is 0.269. The number of carboxylic acids is 1. The second-order valence-electron chi connectivity index (χ2n) is 1.99. The molecule has 3 nitrogen and oxygen atoms in total. The number of hydrogen-bond donors (Lipinski definition) is 2. The second kappa shape index (κ2) is 5.50. The van der Waals surface area contributed by atoms with Crippen molar-refractivity contribution >= 4 is 17.6 Å². The molecule has 1 fully saturated rings. The lowest BCUT2D eigenvalue weighted by molar-refractivity contribution is -0.139. The molecule has 0 aromatic heterocycles. The zero-order chi connectivity index (χ0) is 7.98. The van der Waals surface area contributed by atoms with E-state index in [-0.39, 0.29) is 6.04 Å². The van der Waals surface area contributed by atoms with E-state index in [0.29, 0.717) is 0 Å². The van der Waals surface area contributed by atoms with Crippen LogP contribution in [0.1, 0.15) is 12.8 Å². The van der Waals surface area contributed by atoms with Gasteiger partial charge in [0.1, 0.15) is 6.04 Å². The van der Waals surface area contributed by atoms with E-state index in [1.54, 1.807) is 0 Å². The van der Waals surface area contributed by atoms with Gasteiger partial charge in [-0.2, -0.15) is 0 Å². The third-order valence-electron chi connectivity index (χ3n) is 1.36. The topological polar surface area (TPSA) is 49.3 Å². The molecule has 1 atom stereocenters. The highest BCUT2D eigenvalue weighted by atomic mass is 35.5. The van der Waals surface area contributed by atoms with Crippen molar-refractivity contribution in [2.75, 3.05) is 12.9 Å². The van der Waals surface area contributed by atoms with Gasteiger partial charge in [-0.25, -0.2) is 0 Å². The fourth-order valence-electron chi connectivity index (χ4n) is 0.895. The molecule has 0 spiro atoms. The molecule has 60 valence electrons. The Morgan fingerprint density at radius 1 is 1.70 bits per heavy atom. The minimum Gasteiger partial charge on any atom is -0.480 e. The Balaban J connectivity index is 0.000000371. The van der Waals surface area contributed by atoms with Gasteiger partial charge < -0.3 is 10.4 Å². The van der Waals surface area contributed by atoms with Gasteiger partial charge in [-0.3, -0.25) is 4.79 Å². The Morgan fingerprint density at radius 3 is 2.50 bits per heavy atom. The number of halogens is 1. The van der Waals surface area contributed by atoms with Gasteiger partial charge in [-0.1, -0.05) is 0 Å². The van der Waals surface area contributed by atoms with Crippen LogP contribution in [-0.4, -0.2) is 30.0 Å². The van der Waals surface area contributed by atoms with E-state index in [9.17, 15) is 4.79 Å². The molecule has 1 aliphatic rings. The quantitative estimate of drug-likeness (QED) is 0.562. The average Bonchev–Trinajstić information content (AvgIpc) is 2.42. The van der Waals surface area contributed by atoms with E-state index in [1.165, 1.54) is 6.38 Å². The van der Waals surface area contributed by atoms with Gasteiger partial charge in [-0.05, 0) is 19.4 Å². The van der Waals surface area contributed by atoms with Crippen LogP contribution in [0, 0.1) is 0 Å². The summed E-state index contributed by atoms with van der Waals surface area (Å²) < 4.78 is 0. The molecule has 1 aliphatic heterocycles. The van der Waals surface area contributed by atoms with Gasteiger partial charge in [0.2, 0.25) is 0 Å². The molecule has 0 aromatic rings. The maximum absolute atomic E-state index is 10.1. The maximum Gasteiger partial charge on any atom is 0.320 e. The first-order valence-corrected chi connectivity index (χ1v) is 3.90. The summed E-state index contributed by atoms with van der Waals surface area (Å²) >= 11 is 4.64. The lowest BCUT2D eigenvalue weighted by atomic mass is 10.2. The van der Waals surface area contributed by atoms with Crippen molar-refractivity contribution in [2.24, 2.45) is 0 Å². The molecule has 4 heteroatoms. The molecule has 0 bridgehead atoms. The molecule has 0 aliphatic carbocycles. The Hall–Kier alpha value is -0.280. The van der Waals surface area contributed by atoms with Crippen LogP contribution in [0.25, 0.3) is 0 Å². The summed E-state index contributed by atoms with van der Waals surface area (Å²) in [6.07, 6.45) is 3.26. The van der Waals surface area contributed by atoms with Crippen molar-refractivity contribution in [2.45, 2.75) is 18.9 Å². The smallest absolute Gasteiger partial charge is 0.320 e. The van der Waals surface area contributed by atoms with E-state index < -0.39 is 5.97 Å². The Labute approximate surface area is 65.4 Å². The first kappa shape index (κ1) is 9.72. The van der Waals surface area contributed by atoms with Crippen molar-refractivity contribution in [3.8, 4) is 0 Å². The normalized spacial score (nSPS) is 23.2. The van der Waals surface area contributed by atoms with Crippen LogP contribution >= 0.6 is 11.6 Å². The largest absolute Gasteiger partial charge is 0.480 e. The number of carboxylic acid groups (broad SMARTS) is 1. The molecular weight excluding hydrogens is 154 g/mol. The van der Waals surface area contributed by atoms with Gasteiger partial charge in [0.25, 0.3) is 0 Å². The first-order chi connectivity index (χ1) is 4.80. The molecule has 0 amide bonds. The highest BCUT2D eigenvalue weighted by molar-refractivity contribution is 6.15. The van der Waals surface area contributed by atoms with Gasteiger partial charge >= 0.3 is 5.97 Å². The van der Waals surface area contributed by atoms with Crippen molar-refractivity contribution in [3.63, 3.8) is 0 Å². The third kappa shape index (κ3) is 3.03. The fraction of sp³-hybridized carbons (Fsp3) is 0.833. The Morgan fingerprint density at radius 2 is 2.30 bits per heavy atom. The van der Waals surface area contributed by atoms with Crippen LogP contribution in [0.2, 0.25) is 0 Å². The Kier molecular flexibility index (Phi) is 5.35.